The van der Waals surface area contributed by atoms with Gasteiger partial charge in [-0.15, -0.1) is 0 Å². The van der Waals surface area contributed by atoms with Crippen LogP contribution in [0.4, 0.5) is 5.69 Å². The quantitative estimate of drug-likeness (QED) is 0.509. The lowest BCUT2D eigenvalue weighted by molar-refractivity contribution is 0.0526. The average Bonchev–Trinajstić information content (AvgIpc) is 3.15. The van der Waals surface area contributed by atoms with Crippen molar-refractivity contribution in [2.75, 3.05) is 11.9 Å². The maximum atomic E-state index is 12.7. The number of ether oxygens (including phenoxy) is 1. The summed E-state index contributed by atoms with van der Waals surface area (Å²) in [4.78, 5) is 29.1. The minimum atomic E-state index is -0.393. The molecule has 2 aromatic heterocycles. The molecule has 0 fully saturated rings. The van der Waals surface area contributed by atoms with E-state index in [1.165, 1.54) is 6.20 Å². The van der Waals surface area contributed by atoms with Gasteiger partial charge in [-0.3, -0.25) is 4.79 Å². The van der Waals surface area contributed by atoms with E-state index in [4.69, 9.17) is 4.74 Å². The zero-order valence-electron chi connectivity index (χ0n) is 16.6. The minimum Gasteiger partial charge on any atom is -0.462 e. The highest BCUT2D eigenvalue weighted by Crippen LogP contribution is 2.18. The van der Waals surface area contributed by atoms with E-state index < -0.39 is 5.97 Å². The molecule has 0 aliphatic carbocycles. The summed E-state index contributed by atoms with van der Waals surface area (Å²) in [5, 5.41) is 8.21. The fourth-order valence-electron chi connectivity index (χ4n) is 3.14. The van der Waals surface area contributed by atoms with Crippen LogP contribution in [0.5, 0.6) is 0 Å². The number of hydrogen-bond acceptors (Lipinski definition) is 5. The molecule has 30 heavy (non-hydrogen) atoms. The van der Waals surface area contributed by atoms with Gasteiger partial charge in [0.15, 0.2) is 5.82 Å². The third-order valence-corrected chi connectivity index (χ3v) is 4.71. The summed E-state index contributed by atoms with van der Waals surface area (Å²) in [5.74, 6) is -0.0390. The second kappa shape index (κ2) is 8.16. The van der Waals surface area contributed by atoms with Crippen LogP contribution in [-0.4, -0.2) is 33.2 Å². The van der Waals surface area contributed by atoms with E-state index >= 15 is 0 Å². The molecule has 0 spiro atoms. The zero-order chi connectivity index (χ0) is 21.1. The molecule has 1 amide bonds. The van der Waals surface area contributed by atoms with Gasteiger partial charge in [-0.1, -0.05) is 18.2 Å². The van der Waals surface area contributed by atoms with Gasteiger partial charge in [0.2, 0.25) is 0 Å². The van der Waals surface area contributed by atoms with Crippen molar-refractivity contribution in [2.45, 2.75) is 13.8 Å². The number of carbonyl (C=O) groups is 2. The molecule has 4 rings (SSSR count). The highest BCUT2D eigenvalue weighted by molar-refractivity contribution is 6.05. The molecule has 0 aliphatic rings. The number of hydrogen-bond donors (Lipinski definition) is 1. The van der Waals surface area contributed by atoms with Gasteiger partial charge in [0.25, 0.3) is 5.91 Å². The fraction of sp³-hybridized carbons (Fsp3) is 0.130. The van der Waals surface area contributed by atoms with E-state index in [-0.39, 0.29) is 5.91 Å². The van der Waals surface area contributed by atoms with Crippen LogP contribution in [-0.2, 0) is 4.74 Å². The summed E-state index contributed by atoms with van der Waals surface area (Å²) in [6.45, 7) is 3.89. The molecule has 150 valence electrons. The Morgan fingerprint density at radius 1 is 1.03 bits per heavy atom. The van der Waals surface area contributed by atoms with Crippen LogP contribution in [0, 0.1) is 6.92 Å². The highest BCUT2D eigenvalue weighted by Gasteiger charge is 2.16. The van der Waals surface area contributed by atoms with E-state index in [1.807, 2.05) is 43.3 Å². The molecule has 7 nitrogen and oxygen atoms in total. The lowest BCUT2D eigenvalue weighted by Crippen LogP contribution is -2.13. The molecule has 0 bridgehead atoms. The molecular formula is C23H20N4O3. The summed E-state index contributed by atoms with van der Waals surface area (Å²) in [6.07, 6.45) is 1.52. The highest BCUT2D eigenvalue weighted by atomic mass is 16.5. The van der Waals surface area contributed by atoms with Gasteiger partial charge in [0, 0.05) is 11.1 Å². The van der Waals surface area contributed by atoms with Gasteiger partial charge >= 0.3 is 5.97 Å². The van der Waals surface area contributed by atoms with Gasteiger partial charge in [0.05, 0.1) is 35.1 Å². The number of aromatic nitrogens is 3. The van der Waals surface area contributed by atoms with Crippen molar-refractivity contribution < 1.29 is 14.3 Å². The van der Waals surface area contributed by atoms with Crippen LogP contribution in [0.15, 0.2) is 66.9 Å². The number of anilines is 1. The van der Waals surface area contributed by atoms with E-state index in [0.29, 0.717) is 34.9 Å². The van der Waals surface area contributed by atoms with E-state index in [1.54, 1.807) is 35.9 Å². The molecule has 1 N–H and O–H groups in total. The first kappa shape index (κ1) is 19.3. The molecule has 0 aliphatic heterocycles. The Bertz CT molecular complexity index is 1230. The fourth-order valence-corrected chi connectivity index (χ4v) is 3.14. The number of nitrogens with one attached hydrogen (secondary N) is 1. The van der Waals surface area contributed by atoms with Crippen molar-refractivity contribution in [1.82, 2.24) is 14.8 Å². The summed E-state index contributed by atoms with van der Waals surface area (Å²) in [6, 6.07) is 18.2. The number of nitrogens with zero attached hydrogens (tertiary/aromatic N) is 3. The predicted octanol–water partition coefficient (Wildman–Crippen LogP) is 4.16. The Labute approximate surface area is 173 Å². The van der Waals surface area contributed by atoms with Crippen LogP contribution in [0.25, 0.3) is 16.7 Å². The van der Waals surface area contributed by atoms with Gasteiger partial charge in [0.1, 0.15) is 0 Å². The monoisotopic (exact) mass is 400 g/mol. The molecule has 7 heteroatoms. The van der Waals surface area contributed by atoms with Crippen molar-refractivity contribution in [3.05, 3.63) is 83.7 Å². The van der Waals surface area contributed by atoms with Crippen molar-refractivity contribution in [3.8, 4) is 5.82 Å². The number of fused-ring (bicyclic) bond motifs is 1. The lowest BCUT2D eigenvalue weighted by atomic mass is 10.2. The first-order valence-electron chi connectivity index (χ1n) is 9.56. The van der Waals surface area contributed by atoms with Crippen LogP contribution in [0.1, 0.15) is 33.3 Å². The average molecular weight is 400 g/mol. The number of para-hydroxylation sites is 1. The van der Waals surface area contributed by atoms with Crippen molar-refractivity contribution in [3.63, 3.8) is 0 Å². The molecule has 0 saturated carbocycles. The molecule has 0 radical (unpaired) electrons. The van der Waals surface area contributed by atoms with Gasteiger partial charge in [-0.25, -0.2) is 14.5 Å². The molecule has 2 aromatic carbocycles. The van der Waals surface area contributed by atoms with E-state index in [9.17, 15) is 9.59 Å². The van der Waals surface area contributed by atoms with E-state index in [0.717, 1.165) is 10.9 Å². The molecule has 0 saturated heterocycles. The Balaban J connectivity index is 1.54. The summed E-state index contributed by atoms with van der Waals surface area (Å²) >= 11 is 0. The molecule has 2 heterocycles. The Morgan fingerprint density at radius 2 is 1.80 bits per heavy atom. The third kappa shape index (κ3) is 3.77. The summed E-state index contributed by atoms with van der Waals surface area (Å²) in [7, 11) is 0. The smallest absolute Gasteiger partial charge is 0.338 e. The second-order valence-electron chi connectivity index (χ2n) is 6.67. The topological polar surface area (TPSA) is 86.1 Å². The number of rotatable bonds is 5. The molecule has 4 aromatic rings. The normalized spacial score (nSPS) is 10.7. The Morgan fingerprint density at radius 3 is 2.57 bits per heavy atom. The maximum Gasteiger partial charge on any atom is 0.338 e. The second-order valence-corrected chi connectivity index (χ2v) is 6.67. The number of pyridine rings is 1. The van der Waals surface area contributed by atoms with Crippen molar-refractivity contribution in [1.29, 1.82) is 0 Å². The number of esters is 1. The van der Waals surface area contributed by atoms with Gasteiger partial charge in [-0.05, 0) is 56.3 Å². The maximum absolute atomic E-state index is 12.7. The van der Waals surface area contributed by atoms with Crippen LogP contribution < -0.4 is 5.32 Å². The van der Waals surface area contributed by atoms with Crippen molar-refractivity contribution in [2.24, 2.45) is 0 Å². The first-order valence-corrected chi connectivity index (χ1v) is 9.56. The number of benzene rings is 2. The molecular weight excluding hydrogens is 380 g/mol. The zero-order valence-corrected chi connectivity index (χ0v) is 16.6. The largest absolute Gasteiger partial charge is 0.462 e. The van der Waals surface area contributed by atoms with Crippen LogP contribution in [0.2, 0.25) is 0 Å². The standard InChI is InChI=1S/C23H20N4O3/c1-3-30-23(29)17-8-11-18(12-9-17)25-22(28)19-14-24-27(15(19)2)21-13-10-16-6-4-5-7-20(16)26-21/h4-14H,3H2,1-2H3,(H,25,28). The molecule has 0 atom stereocenters. The first-order chi connectivity index (χ1) is 14.6. The predicted molar refractivity (Wildman–Crippen MR) is 114 cm³/mol. The summed E-state index contributed by atoms with van der Waals surface area (Å²) < 4.78 is 6.61. The lowest BCUT2D eigenvalue weighted by Gasteiger charge is -2.08. The SMILES string of the molecule is CCOC(=O)c1ccc(NC(=O)c2cnn(-c3ccc4ccccc4n3)c2C)cc1. The van der Waals surface area contributed by atoms with Crippen molar-refractivity contribution >= 4 is 28.5 Å². The van der Waals surface area contributed by atoms with Crippen LogP contribution >= 0.6 is 0 Å². The van der Waals surface area contributed by atoms with Gasteiger partial charge in [-0.2, -0.15) is 5.10 Å². The third-order valence-electron chi connectivity index (χ3n) is 4.71. The Kier molecular flexibility index (Phi) is 5.26. The number of amides is 1. The number of carbonyl (C=O) groups excluding carboxylic acids is 2. The summed E-state index contributed by atoms with van der Waals surface area (Å²) in [5.41, 5.74) is 2.99. The Hall–Kier alpha value is -4.00. The van der Waals surface area contributed by atoms with Crippen LogP contribution in [0.3, 0.4) is 0 Å². The minimum absolute atomic E-state index is 0.288. The molecule has 0 unspecified atom stereocenters. The van der Waals surface area contributed by atoms with Gasteiger partial charge < -0.3 is 10.1 Å². The van der Waals surface area contributed by atoms with E-state index in [2.05, 4.69) is 15.4 Å².